The van der Waals surface area contributed by atoms with Crippen LogP contribution >= 0.6 is 0 Å². The lowest BCUT2D eigenvalue weighted by Gasteiger charge is -2.26. The van der Waals surface area contributed by atoms with Crippen molar-refractivity contribution >= 4 is 60.5 Å². The van der Waals surface area contributed by atoms with Crippen LogP contribution in [-0.2, 0) is 5.41 Å². The molecule has 0 atom stereocenters. The van der Waals surface area contributed by atoms with Gasteiger partial charge in [-0.15, -0.1) is 0 Å². The number of hydrogen-bond donors (Lipinski definition) is 0. The van der Waals surface area contributed by atoms with E-state index in [1.54, 1.807) is 0 Å². The van der Waals surface area contributed by atoms with E-state index >= 15 is 0 Å². The lowest BCUT2D eigenvalue weighted by atomic mass is 9.81. The number of anilines is 3. The molecular weight excluding hydrogens is 558 g/mol. The fraction of sp³-hybridized carbons (Fsp3) is 0.136. The maximum Gasteiger partial charge on any atom is 0.159 e. The first-order chi connectivity index (χ1) is 22.4. The molecule has 0 aliphatic heterocycles. The zero-order valence-electron chi connectivity index (χ0n) is 26.6. The van der Waals surface area contributed by atoms with Gasteiger partial charge in [-0.3, -0.25) is 0 Å². The zero-order valence-corrected chi connectivity index (χ0v) is 26.6. The van der Waals surface area contributed by atoms with Gasteiger partial charge in [0.1, 0.15) is 5.58 Å². The van der Waals surface area contributed by atoms with Crippen LogP contribution in [0.4, 0.5) is 17.1 Å². The molecule has 0 radical (unpaired) electrons. The first-order valence-electron chi connectivity index (χ1n) is 16.3. The molecule has 1 aliphatic rings. The Morgan fingerprint density at radius 3 is 2.11 bits per heavy atom. The molecular formula is C44H35NO. The van der Waals surface area contributed by atoms with Crippen molar-refractivity contribution in [1.29, 1.82) is 0 Å². The van der Waals surface area contributed by atoms with Crippen molar-refractivity contribution in [3.8, 4) is 11.1 Å². The monoisotopic (exact) mass is 593 g/mol. The van der Waals surface area contributed by atoms with E-state index in [2.05, 4.69) is 160 Å². The number of rotatable bonds is 4. The molecule has 2 nitrogen and oxygen atoms in total. The van der Waals surface area contributed by atoms with Gasteiger partial charge in [-0.2, -0.15) is 0 Å². The molecule has 7 aromatic carbocycles. The van der Waals surface area contributed by atoms with Crippen LogP contribution in [0.3, 0.4) is 0 Å². The fourth-order valence-electron chi connectivity index (χ4n) is 7.72. The number of para-hydroxylation sites is 2. The van der Waals surface area contributed by atoms with Gasteiger partial charge in [-0.1, -0.05) is 113 Å². The van der Waals surface area contributed by atoms with Crippen LogP contribution in [0.1, 0.15) is 50.3 Å². The van der Waals surface area contributed by atoms with Crippen molar-refractivity contribution in [2.45, 2.75) is 39.0 Å². The third kappa shape index (κ3) is 3.89. The van der Waals surface area contributed by atoms with Gasteiger partial charge in [-0.25, -0.2) is 0 Å². The second-order valence-electron chi connectivity index (χ2n) is 13.6. The summed E-state index contributed by atoms with van der Waals surface area (Å²) < 4.78 is 6.57. The maximum absolute atomic E-state index is 6.57. The van der Waals surface area contributed by atoms with Gasteiger partial charge in [-0.05, 0) is 104 Å². The Balaban J connectivity index is 1.26. The van der Waals surface area contributed by atoms with Crippen LogP contribution in [0, 0.1) is 0 Å². The minimum Gasteiger partial charge on any atom is -0.454 e. The van der Waals surface area contributed by atoms with Crippen LogP contribution in [0.2, 0.25) is 0 Å². The van der Waals surface area contributed by atoms with Crippen molar-refractivity contribution < 1.29 is 4.42 Å². The predicted octanol–water partition coefficient (Wildman–Crippen LogP) is 12.8. The Hall–Kier alpha value is -5.34. The third-order valence-electron chi connectivity index (χ3n) is 10.2. The minimum absolute atomic E-state index is 0.0921. The van der Waals surface area contributed by atoms with Gasteiger partial charge in [0.05, 0.1) is 5.69 Å². The SMILES string of the molecule is CC(C)c1ccc(N(c2ccc3cc4c(cc3c2)C(C)(C)c2ccc3ccccc3c2-4)c2cccc3c2oc2ccccc23)cc1. The molecule has 0 spiro atoms. The highest BCUT2D eigenvalue weighted by molar-refractivity contribution is 6.11. The molecule has 2 heteroatoms. The van der Waals surface area contributed by atoms with Gasteiger partial charge in [0.25, 0.3) is 0 Å². The molecule has 46 heavy (non-hydrogen) atoms. The summed E-state index contributed by atoms with van der Waals surface area (Å²) in [5.41, 5.74) is 11.8. The van der Waals surface area contributed by atoms with Crippen LogP contribution < -0.4 is 4.90 Å². The average molecular weight is 594 g/mol. The van der Waals surface area contributed by atoms with Gasteiger partial charge in [0, 0.05) is 27.6 Å². The van der Waals surface area contributed by atoms with E-state index in [0.29, 0.717) is 5.92 Å². The molecule has 1 heterocycles. The lowest BCUT2D eigenvalue weighted by molar-refractivity contribution is 0.661. The highest BCUT2D eigenvalue weighted by Gasteiger charge is 2.36. The Bertz CT molecular complexity index is 2480. The molecule has 0 saturated carbocycles. The average Bonchev–Trinajstić information content (AvgIpc) is 3.57. The van der Waals surface area contributed by atoms with E-state index in [0.717, 1.165) is 39.0 Å². The molecule has 0 fully saturated rings. The topological polar surface area (TPSA) is 16.4 Å². The Morgan fingerprint density at radius 1 is 0.565 bits per heavy atom. The molecule has 0 saturated heterocycles. The highest BCUT2D eigenvalue weighted by atomic mass is 16.3. The second kappa shape index (κ2) is 9.83. The Labute approximate surface area is 269 Å². The van der Waals surface area contributed by atoms with Crippen LogP contribution in [0.15, 0.2) is 138 Å². The summed E-state index contributed by atoms with van der Waals surface area (Å²) in [6.07, 6.45) is 0. The molecule has 1 aliphatic carbocycles. The number of nitrogens with zero attached hydrogens (tertiary/aromatic N) is 1. The fourth-order valence-corrected chi connectivity index (χ4v) is 7.72. The van der Waals surface area contributed by atoms with Crippen molar-refractivity contribution in [2.24, 2.45) is 0 Å². The lowest BCUT2D eigenvalue weighted by Crippen LogP contribution is -2.15. The van der Waals surface area contributed by atoms with E-state index in [-0.39, 0.29) is 5.41 Å². The minimum atomic E-state index is -0.0921. The summed E-state index contributed by atoms with van der Waals surface area (Å²) in [6.45, 7) is 9.22. The van der Waals surface area contributed by atoms with E-state index < -0.39 is 0 Å². The molecule has 0 amide bonds. The number of benzene rings is 7. The summed E-state index contributed by atoms with van der Waals surface area (Å²) in [7, 11) is 0. The van der Waals surface area contributed by atoms with E-state index in [1.807, 2.05) is 6.07 Å². The first-order valence-corrected chi connectivity index (χ1v) is 16.3. The van der Waals surface area contributed by atoms with E-state index in [9.17, 15) is 0 Å². The van der Waals surface area contributed by atoms with Crippen molar-refractivity contribution in [2.75, 3.05) is 4.90 Å². The Morgan fingerprint density at radius 2 is 1.28 bits per heavy atom. The van der Waals surface area contributed by atoms with Gasteiger partial charge in [0.2, 0.25) is 0 Å². The number of furan rings is 1. The first kappa shape index (κ1) is 27.0. The normalized spacial score (nSPS) is 13.6. The van der Waals surface area contributed by atoms with Crippen molar-refractivity contribution in [3.05, 3.63) is 150 Å². The van der Waals surface area contributed by atoms with Crippen LogP contribution in [-0.4, -0.2) is 0 Å². The molecule has 0 bridgehead atoms. The number of fused-ring (bicyclic) bond motifs is 9. The maximum atomic E-state index is 6.57. The Kier molecular flexibility index (Phi) is 5.77. The quantitative estimate of drug-likeness (QED) is 0.202. The standard InChI is InChI=1S/C44H35NO/c1-27(2)28-16-20-32(21-17-28)45(40-14-9-13-36-35-12-7-8-15-41(35)46-43(36)40)33-22-18-30-25-37-39(26-31(30)24-33)44(3,4)38-23-19-29-10-5-6-11-34(29)42(37)38/h5-27H,1-4H3. The smallest absolute Gasteiger partial charge is 0.159 e. The molecule has 1 aromatic heterocycles. The summed E-state index contributed by atoms with van der Waals surface area (Å²) >= 11 is 0. The summed E-state index contributed by atoms with van der Waals surface area (Å²) in [5, 5.41) is 7.37. The molecule has 222 valence electrons. The highest BCUT2D eigenvalue weighted by Crippen LogP contribution is 2.53. The van der Waals surface area contributed by atoms with Crippen LogP contribution in [0.25, 0.3) is 54.6 Å². The number of hydrogen-bond acceptors (Lipinski definition) is 2. The zero-order chi connectivity index (χ0) is 31.2. The van der Waals surface area contributed by atoms with Gasteiger partial charge in [0.15, 0.2) is 5.58 Å². The van der Waals surface area contributed by atoms with E-state index in [4.69, 9.17) is 4.42 Å². The molecule has 0 N–H and O–H groups in total. The predicted molar refractivity (Wildman–Crippen MR) is 195 cm³/mol. The van der Waals surface area contributed by atoms with Gasteiger partial charge < -0.3 is 9.32 Å². The third-order valence-corrected chi connectivity index (χ3v) is 10.2. The second-order valence-corrected chi connectivity index (χ2v) is 13.6. The largest absolute Gasteiger partial charge is 0.454 e. The summed E-state index contributed by atoms with van der Waals surface area (Å²) in [6, 6.07) is 49.0. The van der Waals surface area contributed by atoms with Gasteiger partial charge >= 0.3 is 0 Å². The van der Waals surface area contributed by atoms with Crippen LogP contribution in [0.5, 0.6) is 0 Å². The molecule has 8 aromatic rings. The van der Waals surface area contributed by atoms with Crippen molar-refractivity contribution in [1.82, 2.24) is 0 Å². The summed E-state index contributed by atoms with van der Waals surface area (Å²) in [4.78, 5) is 2.36. The van der Waals surface area contributed by atoms with E-state index in [1.165, 1.54) is 49.4 Å². The summed E-state index contributed by atoms with van der Waals surface area (Å²) in [5.74, 6) is 0.466. The molecule has 0 unspecified atom stereocenters. The molecule has 9 rings (SSSR count). The van der Waals surface area contributed by atoms with Crippen molar-refractivity contribution in [3.63, 3.8) is 0 Å².